The molecule has 4 rings (SSSR count). The number of aromatic amines is 1. The van der Waals surface area contributed by atoms with E-state index in [1.807, 2.05) is 42.5 Å². The summed E-state index contributed by atoms with van der Waals surface area (Å²) in [7, 11) is 1.63. The molecule has 0 saturated carbocycles. The van der Waals surface area contributed by atoms with E-state index in [1.54, 1.807) is 25.1 Å². The molecule has 1 aromatic heterocycles. The number of aromatic nitrogens is 1. The zero-order chi connectivity index (χ0) is 15.8. The Hall–Kier alpha value is -2.66. The van der Waals surface area contributed by atoms with E-state index in [-0.39, 0.29) is 5.56 Å². The van der Waals surface area contributed by atoms with E-state index in [1.165, 1.54) is 0 Å². The minimum absolute atomic E-state index is 0.110. The Labute approximate surface area is 137 Å². The van der Waals surface area contributed by atoms with E-state index in [0.717, 1.165) is 32.5 Å². The van der Waals surface area contributed by atoms with Gasteiger partial charge in [0.05, 0.1) is 28.9 Å². The number of methoxy groups -OCH3 is 1. The molecule has 0 spiro atoms. The SMILES string of the molecule is COc1ccc(-c2c3c(c[nH]c2=O)Sc2ccccc2N3)cc1. The third-order valence-electron chi connectivity index (χ3n) is 3.80. The molecule has 23 heavy (non-hydrogen) atoms. The van der Waals surface area contributed by atoms with Gasteiger partial charge < -0.3 is 15.0 Å². The molecule has 3 aromatic rings. The molecule has 0 fully saturated rings. The largest absolute Gasteiger partial charge is 0.497 e. The van der Waals surface area contributed by atoms with Gasteiger partial charge in [-0.2, -0.15) is 0 Å². The molecule has 0 amide bonds. The van der Waals surface area contributed by atoms with Crippen molar-refractivity contribution in [1.82, 2.24) is 4.98 Å². The first-order chi connectivity index (χ1) is 11.3. The number of anilines is 2. The Kier molecular flexibility index (Phi) is 3.35. The number of nitrogens with one attached hydrogen (secondary N) is 2. The number of para-hydroxylation sites is 1. The van der Waals surface area contributed by atoms with Crippen molar-refractivity contribution in [3.8, 4) is 16.9 Å². The molecular formula is C18H14N2O2S. The summed E-state index contributed by atoms with van der Waals surface area (Å²) in [5, 5.41) is 3.40. The van der Waals surface area contributed by atoms with Gasteiger partial charge in [-0.25, -0.2) is 0 Å². The smallest absolute Gasteiger partial charge is 0.258 e. The van der Waals surface area contributed by atoms with Gasteiger partial charge in [-0.15, -0.1) is 0 Å². The second-order valence-electron chi connectivity index (χ2n) is 5.18. The van der Waals surface area contributed by atoms with Crippen LogP contribution in [0.2, 0.25) is 0 Å². The van der Waals surface area contributed by atoms with Crippen LogP contribution in [0.5, 0.6) is 5.75 Å². The highest BCUT2D eigenvalue weighted by Crippen LogP contribution is 2.46. The molecule has 0 aliphatic carbocycles. The highest BCUT2D eigenvalue weighted by molar-refractivity contribution is 7.99. The summed E-state index contributed by atoms with van der Waals surface area (Å²) in [4.78, 5) is 17.4. The van der Waals surface area contributed by atoms with Crippen LogP contribution in [0.3, 0.4) is 0 Å². The number of benzene rings is 2. The van der Waals surface area contributed by atoms with Gasteiger partial charge in [0.1, 0.15) is 5.75 Å². The molecule has 0 atom stereocenters. The Balaban J connectivity index is 1.87. The van der Waals surface area contributed by atoms with Crippen molar-refractivity contribution in [2.45, 2.75) is 9.79 Å². The number of hydrogen-bond acceptors (Lipinski definition) is 4. The lowest BCUT2D eigenvalue weighted by molar-refractivity contribution is 0.415. The summed E-state index contributed by atoms with van der Waals surface area (Å²) < 4.78 is 5.19. The normalized spacial score (nSPS) is 12.0. The lowest BCUT2D eigenvalue weighted by Crippen LogP contribution is -2.14. The summed E-state index contributed by atoms with van der Waals surface area (Å²) in [6.07, 6.45) is 1.76. The molecule has 2 aromatic carbocycles. The molecule has 5 heteroatoms. The predicted molar refractivity (Wildman–Crippen MR) is 92.9 cm³/mol. The van der Waals surface area contributed by atoms with E-state index in [0.29, 0.717) is 5.56 Å². The maximum atomic E-state index is 12.4. The van der Waals surface area contributed by atoms with E-state index in [4.69, 9.17) is 4.74 Å². The first-order valence-corrected chi connectivity index (χ1v) is 8.02. The predicted octanol–water partition coefficient (Wildman–Crippen LogP) is 4.26. The minimum atomic E-state index is -0.110. The number of rotatable bonds is 2. The maximum absolute atomic E-state index is 12.4. The van der Waals surface area contributed by atoms with Crippen LogP contribution in [-0.4, -0.2) is 12.1 Å². The summed E-state index contributed by atoms with van der Waals surface area (Å²) in [6, 6.07) is 15.6. The molecule has 0 radical (unpaired) electrons. The molecule has 1 aliphatic rings. The maximum Gasteiger partial charge on any atom is 0.258 e. The fourth-order valence-electron chi connectivity index (χ4n) is 2.66. The average Bonchev–Trinajstić information content (AvgIpc) is 2.60. The Morgan fingerprint density at radius 3 is 2.57 bits per heavy atom. The van der Waals surface area contributed by atoms with Crippen LogP contribution in [0.15, 0.2) is 69.3 Å². The van der Waals surface area contributed by atoms with Crippen LogP contribution in [-0.2, 0) is 0 Å². The molecule has 1 aliphatic heterocycles. The van der Waals surface area contributed by atoms with E-state index < -0.39 is 0 Å². The Bertz CT molecular complexity index is 932. The second kappa shape index (κ2) is 5.52. The average molecular weight is 322 g/mol. The zero-order valence-corrected chi connectivity index (χ0v) is 13.2. The third kappa shape index (κ3) is 2.39. The van der Waals surface area contributed by atoms with Crippen LogP contribution in [0.1, 0.15) is 0 Å². The highest BCUT2D eigenvalue weighted by Gasteiger charge is 2.21. The van der Waals surface area contributed by atoms with Crippen molar-refractivity contribution in [3.05, 3.63) is 65.1 Å². The van der Waals surface area contributed by atoms with Gasteiger partial charge in [-0.1, -0.05) is 36.0 Å². The monoisotopic (exact) mass is 322 g/mol. The Morgan fingerprint density at radius 2 is 1.78 bits per heavy atom. The first-order valence-electron chi connectivity index (χ1n) is 7.20. The molecule has 0 unspecified atom stereocenters. The van der Waals surface area contributed by atoms with Gasteiger partial charge in [-0.3, -0.25) is 4.79 Å². The van der Waals surface area contributed by atoms with Crippen molar-refractivity contribution in [3.63, 3.8) is 0 Å². The van der Waals surface area contributed by atoms with Crippen LogP contribution < -0.4 is 15.6 Å². The molecule has 2 N–H and O–H groups in total. The molecule has 0 bridgehead atoms. The standard InChI is InChI=1S/C18H14N2O2S/c1-22-12-8-6-11(7-9-12)16-17-15(10-19-18(16)21)23-14-5-3-2-4-13(14)20-17/h2-10,20H,1H3,(H,19,21). The molecule has 0 saturated heterocycles. The van der Waals surface area contributed by atoms with Gasteiger partial charge in [0, 0.05) is 11.1 Å². The summed E-state index contributed by atoms with van der Waals surface area (Å²) in [6.45, 7) is 0. The number of H-pyrrole nitrogens is 1. The topological polar surface area (TPSA) is 54.1 Å². The summed E-state index contributed by atoms with van der Waals surface area (Å²) in [5.74, 6) is 0.766. The van der Waals surface area contributed by atoms with E-state index >= 15 is 0 Å². The number of ether oxygens (including phenoxy) is 1. The molecule has 114 valence electrons. The number of hydrogen-bond donors (Lipinski definition) is 2. The van der Waals surface area contributed by atoms with Crippen LogP contribution in [0.25, 0.3) is 11.1 Å². The molecular weight excluding hydrogens is 308 g/mol. The number of pyridine rings is 1. The van der Waals surface area contributed by atoms with Gasteiger partial charge in [0.15, 0.2) is 0 Å². The fraction of sp³-hybridized carbons (Fsp3) is 0.0556. The quantitative estimate of drug-likeness (QED) is 0.579. The van der Waals surface area contributed by atoms with Crippen molar-refractivity contribution < 1.29 is 4.74 Å². The second-order valence-corrected chi connectivity index (χ2v) is 6.27. The lowest BCUT2D eigenvalue weighted by atomic mass is 10.0. The number of fused-ring (bicyclic) bond motifs is 2. The minimum Gasteiger partial charge on any atom is -0.497 e. The van der Waals surface area contributed by atoms with Crippen LogP contribution in [0, 0.1) is 0 Å². The van der Waals surface area contributed by atoms with Crippen LogP contribution >= 0.6 is 11.8 Å². The van der Waals surface area contributed by atoms with Gasteiger partial charge >= 0.3 is 0 Å². The van der Waals surface area contributed by atoms with Gasteiger partial charge in [-0.05, 0) is 29.8 Å². The summed E-state index contributed by atoms with van der Waals surface area (Å²) in [5.41, 5.74) is 3.26. The Morgan fingerprint density at radius 1 is 1.00 bits per heavy atom. The van der Waals surface area contributed by atoms with Crippen molar-refractivity contribution >= 4 is 23.1 Å². The van der Waals surface area contributed by atoms with Crippen molar-refractivity contribution in [1.29, 1.82) is 0 Å². The van der Waals surface area contributed by atoms with Crippen molar-refractivity contribution in [2.24, 2.45) is 0 Å². The zero-order valence-electron chi connectivity index (χ0n) is 12.4. The lowest BCUT2D eigenvalue weighted by Gasteiger charge is -2.22. The summed E-state index contributed by atoms with van der Waals surface area (Å²) >= 11 is 1.65. The highest BCUT2D eigenvalue weighted by atomic mass is 32.2. The van der Waals surface area contributed by atoms with Crippen LogP contribution in [0.4, 0.5) is 11.4 Å². The fourth-order valence-corrected chi connectivity index (χ4v) is 3.65. The van der Waals surface area contributed by atoms with Crippen molar-refractivity contribution in [2.75, 3.05) is 12.4 Å². The van der Waals surface area contributed by atoms with E-state index in [2.05, 4.69) is 16.4 Å². The molecule has 2 heterocycles. The molecule has 4 nitrogen and oxygen atoms in total. The van der Waals surface area contributed by atoms with E-state index in [9.17, 15) is 4.79 Å². The first kappa shape index (κ1) is 14.0. The third-order valence-corrected chi connectivity index (χ3v) is 4.92. The van der Waals surface area contributed by atoms with Gasteiger partial charge in [0.25, 0.3) is 5.56 Å². The van der Waals surface area contributed by atoms with Gasteiger partial charge in [0.2, 0.25) is 0 Å².